The van der Waals surface area contributed by atoms with E-state index >= 15 is 0 Å². The monoisotopic (exact) mass is 270 g/mol. The van der Waals surface area contributed by atoms with Crippen LogP contribution >= 0.6 is 0 Å². The molecule has 6 nitrogen and oxygen atoms in total. The van der Waals surface area contributed by atoms with Gasteiger partial charge in [-0.15, -0.1) is 0 Å². The van der Waals surface area contributed by atoms with Crippen LogP contribution in [0.15, 0.2) is 48.7 Å². The Morgan fingerprint density at radius 2 is 1.55 bits per heavy atom. The quantitative estimate of drug-likeness (QED) is 0.801. The highest BCUT2D eigenvalue weighted by Gasteiger charge is 2.03. The molecule has 0 aliphatic heterocycles. The van der Waals surface area contributed by atoms with Crippen LogP contribution in [0.5, 0.6) is 0 Å². The number of anilines is 3. The van der Waals surface area contributed by atoms with Gasteiger partial charge in [-0.25, -0.2) is 9.78 Å². The fraction of sp³-hybridized carbons (Fsp3) is 0.0714. The van der Waals surface area contributed by atoms with Gasteiger partial charge in [0.1, 0.15) is 5.82 Å². The third-order valence-corrected chi connectivity index (χ3v) is 2.37. The van der Waals surface area contributed by atoms with Crippen LogP contribution in [0, 0.1) is 0 Å². The Morgan fingerprint density at radius 1 is 0.900 bits per heavy atom. The predicted octanol–water partition coefficient (Wildman–Crippen LogP) is 2.68. The van der Waals surface area contributed by atoms with Gasteiger partial charge in [-0.3, -0.25) is 10.1 Å². The second-order valence-corrected chi connectivity index (χ2v) is 4.05. The van der Waals surface area contributed by atoms with E-state index in [2.05, 4.69) is 20.9 Å². The van der Waals surface area contributed by atoms with E-state index in [4.69, 9.17) is 0 Å². The van der Waals surface area contributed by atoms with Crippen molar-refractivity contribution in [2.45, 2.75) is 6.92 Å². The number of hydrogen-bond acceptors (Lipinski definition) is 3. The Morgan fingerprint density at radius 3 is 2.10 bits per heavy atom. The van der Waals surface area contributed by atoms with Crippen molar-refractivity contribution in [1.29, 1.82) is 0 Å². The van der Waals surface area contributed by atoms with Gasteiger partial charge in [0.2, 0.25) is 5.91 Å². The molecule has 0 fully saturated rings. The molecule has 1 aromatic heterocycles. The van der Waals surface area contributed by atoms with E-state index in [1.807, 2.05) is 0 Å². The van der Waals surface area contributed by atoms with Crippen LogP contribution in [0.25, 0.3) is 0 Å². The molecule has 3 N–H and O–H groups in total. The van der Waals surface area contributed by atoms with Crippen LogP contribution in [-0.2, 0) is 4.79 Å². The molecular weight excluding hydrogens is 256 g/mol. The fourth-order valence-electron chi connectivity index (χ4n) is 1.56. The zero-order valence-electron chi connectivity index (χ0n) is 10.9. The van der Waals surface area contributed by atoms with Crippen molar-refractivity contribution >= 4 is 29.1 Å². The lowest BCUT2D eigenvalue weighted by Gasteiger charge is -2.08. The van der Waals surface area contributed by atoms with Crippen molar-refractivity contribution in [3.05, 3.63) is 48.7 Å². The minimum Gasteiger partial charge on any atom is -0.326 e. The first kappa shape index (κ1) is 13.5. The van der Waals surface area contributed by atoms with Crippen molar-refractivity contribution in [2.75, 3.05) is 16.0 Å². The number of carbonyl (C=O) groups excluding carboxylic acids is 2. The van der Waals surface area contributed by atoms with Crippen LogP contribution in [0.4, 0.5) is 22.0 Å². The Kier molecular flexibility index (Phi) is 4.28. The molecule has 2 aromatic rings. The molecule has 0 aliphatic rings. The molecule has 0 spiro atoms. The van der Waals surface area contributed by atoms with E-state index in [0.29, 0.717) is 17.2 Å². The number of nitrogens with one attached hydrogen (secondary N) is 3. The standard InChI is InChI=1S/C14H14N4O2/c1-10(19)16-11-5-7-12(8-6-11)17-14(20)18-13-4-2-3-9-15-13/h2-9H,1H3,(H,16,19)(H2,15,17,18,20). The van der Waals surface area contributed by atoms with Gasteiger partial charge in [-0.1, -0.05) is 6.07 Å². The van der Waals surface area contributed by atoms with Crippen molar-refractivity contribution in [1.82, 2.24) is 4.98 Å². The number of rotatable bonds is 3. The minimum absolute atomic E-state index is 0.140. The highest BCUT2D eigenvalue weighted by atomic mass is 16.2. The van der Waals surface area contributed by atoms with E-state index in [1.54, 1.807) is 48.7 Å². The van der Waals surface area contributed by atoms with E-state index in [0.717, 1.165) is 0 Å². The number of nitrogens with zero attached hydrogens (tertiary/aromatic N) is 1. The molecule has 2 rings (SSSR count). The van der Waals surface area contributed by atoms with Gasteiger partial charge in [0.05, 0.1) is 0 Å². The molecular formula is C14H14N4O2. The first-order chi connectivity index (χ1) is 9.63. The topological polar surface area (TPSA) is 83.1 Å². The van der Waals surface area contributed by atoms with E-state index < -0.39 is 0 Å². The molecule has 6 heteroatoms. The van der Waals surface area contributed by atoms with E-state index in [-0.39, 0.29) is 11.9 Å². The van der Waals surface area contributed by atoms with E-state index in [1.165, 1.54) is 6.92 Å². The molecule has 0 bridgehead atoms. The molecule has 1 heterocycles. The maximum absolute atomic E-state index is 11.7. The number of urea groups is 1. The number of amides is 3. The molecule has 1 aromatic carbocycles. The molecule has 0 radical (unpaired) electrons. The number of benzene rings is 1. The highest BCUT2D eigenvalue weighted by Crippen LogP contribution is 2.13. The Labute approximate surface area is 116 Å². The summed E-state index contributed by atoms with van der Waals surface area (Å²) < 4.78 is 0. The van der Waals surface area contributed by atoms with Crippen LogP contribution in [0.1, 0.15) is 6.92 Å². The van der Waals surface area contributed by atoms with E-state index in [9.17, 15) is 9.59 Å². The van der Waals surface area contributed by atoms with Crippen molar-refractivity contribution in [3.8, 4) is 0 Å². The lowest BCUT2D eigenvalue weighted by Crippen LogP contribution is -2.19. The molecule has 102 valence electrons. The normalized spacial score (nSPS) is 9.65. The number of pyridine rings is 1. The Hall–Kier alpha value is -2.89. The summed E-state index contributed by atoms with van der Waals surface area (Å²) in [5.74, 6) is 0.332. The summed E-state index contributed by atoms with van der Waals surface area (Å²) in [5, 5.41) is 7.92. The molecule has 0 aliphatic carbocycles. The zero-order chi connectivity index (χ0) is 14.4. The molecule has 20 heavy (non-hydrogen) atoms. The summed E-state index contributed by atoms with van der Waals surface area (Å²) in [5.41, 5.74) is 1.29. The fourth-order valence-corrected chi connectivity index (χ4v) is 1.56. The third kappa shape index (κ3) is 4.09. The van der Waals surface area contributed by atoms with Crippen LogP contribution < -0.4 is 16.0 Å². The molecule has 0 unspecified atom stereocenters. The number of carbonyl (C=O) groups is 2. The number of hydrogen-bond donors (Lipinski definition) is 3. The summed E-state index contributed by atoms with van der Waals surface area (Å²) >= 11 is 0. The summed E-state index contributed by atoms with van der Waals surface area (Å²) in [7, 11) is 0. The Bertz CT molecular complexity index is 596. The summed E-state index contributed by atoms with van der Waals surface area (Å²) in [6, 6.07) is 11.7. The van der Waals surface area contributed by atoms with Crippen LogP contribution in [0.2, 0.25) is 0 Å². The van der Waals surface area contributed by atoms with Crippen molar-refractivity contribution in [3.63, 3.8) is 0 Å². The summed E-state index contributed by atoms with van der Waals surface area (Å²) in [6.07, 6.45) is 1.60. The van der Waals surface area contributed by atoms with Gasteiger partial charge in [-0.2, -0.15) is 0 Å². The van der Waals surface area contributed by atoms with Crippen LogP contribution in [-0.4, -0.2) is 16.9 Å². The van der Waals surface area contributed by atoms with Gasteiger partial charge < -0.3 is 10.6 Å². The molecule has 3 amide bonds. The first-order valence-corrected chi connectivity index (χ1v) is 6.00. The second kappa shape index (κ2) is 6.33. The van der Waals surface area contributed by atoms with Gasteiger partial charge in [0, 0.05) is 24.5 Å². The smallest absolute Gasteiger partial charge is 0.324 e. The first-order valence-electron chi connectivity index (χ1n) is 6.00. The van der Waals surface area contributed by atoms with Gasteiger partial charge >= 0.3 is 6.03 Å². The zero-order valence-corrected chi connectivity index (χ0v) is 10.9. The largest absolute Gasteiger partial charge is 0.326 e. The Balaban J connectivity index is 1.93. The second-order valence-electron chi connectivity index (χ2n) is 4.05. The maximum Gasteiger partial charge on any atom is 0.324 e. The molecule has 0 saturated heterocycles. The van der Waals surface area contributed by atoms with Gasteiger partial charge in [-0.05, 0) is 36.4 Å². The highest BCUT2D eigenvalue weighted by molar-refractivity contribution is 5.99. The molecule has 0 atom stereocenters. The third-order valence-electron chi connectivity index (χ3n) is 2.37. The number of aromatic nitrogens is 1. The SMILES string of the molecule is CC(=O)Nc1ccc(NC(=O)Nc2ccccn2)cc1. The average molecular weight is 270 g/mol. The van der Waals surface area contributed by atoms with Crippen LogP contribution in [0.3, 0.4) is 0 Å². The minimum atomic E-state index is -0.379. The van der Waals surface area contributed by atoms with Crippen molar-refractivity contribution < 1.29 is 9.59 Å². The van der Waals surface area contributed by atoms with Gasteiger partial charge in [0.15, 0.2) is 0 Å². The lowest BCUT2D eigenvalue weighted by molar-refractivity contribution is -0.114. The van der Waals surface area contributed by atoms with Gasteiger partial charge in [0.25, 0.3) is 0 Å². The van der Waals surface area contributed by atoms with Crippen molar-refractivity contribution in [2.24, 2.45) is 0 Å². The summed E-state index contributed by atoms with van der Waals surface area (Å²) in [4.78, 5) is 26.6. The molecule has 0 saturated carbocycles. The predicted molar refractivity (Wildman–Crippen MR) is 77.6 cm³/mol. The maximum atomic E-state index is 11.7. The summed E-state index contributed by atoms with van der Waals surface area (Å²) in [6.45, 7) is 1.44. The average Bonchev–Trinajstić information content (AvgIpc) is 2.41. The lowest BCUT2D eigenvalue weighted by atomic mass is 10.3.